The van der Waals surface area contributed by atoms with Crippen LogP contribution in [-0.2, 0) is 17.7 Å². The van der Waals surface area contributed by atoms with Crippen LogP contribution in [0.5, 0.6) is 0 Å². The first-order chi connectivity index (χ1) is 10.6. The summed E-state index contributed by atoms with van der Waals surface area (Å²) in [5.41, 5.74) is 3.08. The number of hydrogen-bond acceptors (Lipinski definition) is 6. The number of ether oxygens (including phenoxy) is 1. The molecule has 3 rings (SSSR count). The molecule has 0 spiro atoms. The molecule has 1 fully saturated rings. The second kappa shape index (κ2) is 6.22. The molecule has 1 saturated heterocycles. The van der Waals surface area contributed by atoms with Crippen molar-refractivity contribution in [3.05, 3.63) is 34.5 Å². The monoisotopic (exact) mass is 305 g/mol. The molecule has 0 N–H and O–H groups in total. The number of hydrogen-bond donors (Lipinski definition) is 0. The van der Waals surface area contributed by atoms with Crippen LogP contribution in [0.2, 0.25) is 0 Å². The van der Waals surface area contributed by atoms with Crippen LogP contribution in [-0.4, -0.2) is 41.5 Å². The Morgan fingerprint density at radius 3 is 2.64 bits per heavy atom. The van der Waals surface area contributed by atoms with Gasteiger partial charge in [-0.05, 0) is 20.8 Å². The number of aromatic nitrogens is 2. The number of aryl methyl sites for hydroxylation is 3. The van der Waals surface area contributed by atoms with Crippen molar-refractivity contribution in [2.24, 2.45) is 5.92 Å². The molecule has 0 aliphatic carbocycles. The predicted molar refractivity (Wildman–Crippen MR) is 80.5 cm³/mol. The van der Waals surface area contributed by atoms with Gasteiger partial charge in [0.1, 0.15) is 11.5 Å². The minimum atomic E-state index is 0.214. The summed E-state index contributed by atoms with van der Waals surface area (Å²) in [7, 11) is 1.78. The topological polar surface area (TPSA) is 64.5 Å². The highest BCUT2D eigenvalue weighted by atomic mass is 16.5. The van der Waals surface area contributed by atoms with E-state index in [9.17, 15) is 0 Å². The van der Waals surface area contributed by atoms with Gasteiger partial charge in [-0.25, -0.2) is 0 Å². The third kappa shape index (κ3) is 3.08. The molecule has 2 aromatic rings. The van der Waals surface area contributed by atoms with Crippen molar-refractivity contribution in [3.8, 4) is 0 Å². The summed E-state index contributed by atoms with van der Waals surface area (Å²) in [4.78, 5) is 2.40. The highest BCUT2D eigenvalue weighted by Crippen LogP contribution is 2.26. The van der Waals surface area contributed by atoms with E-state index in [1.54, 1.807) is 7.11 Å². The van der Waals surface area contributed by atoms with Gasteiger partial charge < -0.3 is 13.8 Å². The van der Waals surface area contributed by atoms with E-state index in [2.05, 4.69) is 15.2 Å². The molecule has 120 valence electrons. The van der Waals surface area contributed by atoms with Crippen molar-refractivity contribution in [1.82, 2.24) is 15.2 Å². The Morgan fingerprint density at radius 2 is 2.05 bits per heavy atom. The average molecular weight is 305 g/mol. The minimum absolute atomic E-state index is 0.214. The third-order valence-corrected chi connectivity index (χ3v) is 4.46. The fraction of sp³-hybridized carbons (Fsp3) is 0.625. The number of rotatable bonds is 5. The summed E-state index contributed by atoms with van der Waals surface area (Å²) in [5, 5.41) is 7.99. The van der Waals surface area contributed by atoms with Gasteiger partial charge in [0.25, 0.3) is 0 Å². The highest BCUT2D eigenvalue weighted by Gasteiger charge is 2.34. The van der Waals surface area contributed by atoms with Crippen molar-refractivity contribution in [2.75, 3.05) is 20.2 Å². The van der Waals surface area contributed by atoms with Gasteiger partial charge in [0.15, 0.2) is 0 Å². The minimum Gasteiger partial charge on any atom is -0.380 e. The van der Waals surface area contributed by atoms with Crippen LogP contribution in [0.15, 0.2) is 15.1 Å². The molecule has 22 heavy (non-hydrogen) atoms. The average Bonchev–Trinajstić information content (AvgIpc) is 3.15. The van der Waals surface area contributed by atoms with Crippen LogP contribution in [0.1, 0.15) is 28.5 Å². The Morgan fingerprint density at radius 1 is 1.23 bits per heavy atom. The maximum absolute atomic E-state index is 5.67. The standard InChI is InChI=1S/C16H23N3O3/c1-10-5-14(22-17-10)6-13-7-19(9-16(13)20-4)8-15-11(2)18-21-12(15)3/h5,13,16H,6-9H2,1-4H3/t13-,16+/m1/s1. The summed E-state index contributed by atoms with van der Waals surface area (Å²) in [6.45, 7) is 8.64. The molecular weight excluding hydrogens is 282 g/mol. The molecule has 0 amide bonds. The van der Waals surface area contributed by atoms with Gasteiger partial charge >= 0.3 is 0 Å². The van der Waals surface area contributed by atoms with Crippen LogP contribution in [0.3, 0.4) is 0 Å². The maximum Gasteiger partial charge on any atom is 0.138 e. The van der Waals surface area contributed by atoms with Gasteiger partial charge in [-0.1, -0.05) is 10.3 Å². The smallest absolute Gasteiger partial charge is 0.138 e. The molecule has 1 aliphatic heterocycles. The van der Waals surface area contributed by atoms with Gasteiger partial charge in [-0.15, -0.1) is 0 Å². The SMILES string of the molecule is CO[C@H]1CN(Cc2c(C)noc2C)C[C@H]1Cc1cc(C)no1. The fourth-order valence-electron chi connectivity index (χ4n) is 3.24. The zero-order valence-corrected chi connectivity index (χ0v) is 13.6. The van der Waals surface area contributed by atoms with Gasteiger partial charge in [-0.2, -0.15) is 0 Å². The molecule has 3 heterocycles. The highest BCUT2D eigenvalue weighted by molar-refractivity contribution is 5.21. The molecule has 2 aromatic heterocycles. The van der Waals surface area contributed by atoms with Crippen molar-refractivity contribution in [2.45, 2.75) is 39.8 Å². The Bertz CT molecular complexity index is 615. The van der Waals surface area contributed by atoms with E-state index in [0.717, 1.165) is 49.0 Å². The van der Waals surface area contributed by atoms with E-state index in [1.165, 1.54) is 5.56 Å². The van der Waals surface area contributed by atoms with E-state index in [4.69, 9.17) is 13.8 Å². The zero-order chi connectivity index (χ0) is 15.7. The molecule has 2 atom stereocenters. The molecule has 0 radical (unpaired) electrons. The Balaban J connectivity index is 1.66. The molecule has 0 aromatic carbocycles. The van der Waals surface area contributed by atoms with E-state index >= 15 is 0 Å². The lowest BCUT2D eigenvalue weighted by atomic mass is 10.0. The molecule has 6 heteroatoms. The van der Waals surface area contributed by atoms with Crippen LogP contribution in [0.25, 0.3) is 0 Å². The van der Waals surface area contributed by atoms with Crippen molar-refractivity contribution >= 4 is 0 Å². The Labute approximate surface area is 130 Å². The summed E-state index contributed by atoms with van der Waals surface area (Å²) in [6, 6.07) is 2.00. The van der Waals surface area contributed by atoms with Crippen LogP contribution in [0, 0.1) is 26.7 Å². The van der Waals surface area contributed by atoms with Gasteiger partial charge in [0.2, 0.25) is 0 Å². The summed E-state index contributed by atoms with van der Waals surface area (Å²) in [5.74, 6) is 2.25. The second-order valence-corrected chi connectivity index (χ2v) is 6.17. The van der Waals surface area contributed by atoms with E-state index in [-0.39, 0.29) is 6.10 Å². The first kappa shape index (κ1) is 15.2. The van der Waals surface area contributed by atoms with E-state index in [0.29, 0.717) is 5.92 Å². The molecule has 1 aliphatic rings. The quantitative estimate of drug-likeness (QED) is 0.844. The molecule has 6 nitrogen and oxygen atoms in total. The van der Waals surface area contributed by atoms with E-state index < -0.39 is 0 Å². The van der Waals surface area contributed by atoms with Crippen molar-refractivity contribution in [3.63, 3.8) is 0 Å². The maximum atomic E-state index is 5.67. The Kier molecular flexibility index (Phi) is 4.31. The predicted octanol–water partition coefficient (Wildman–Crippen LogP) is 2.28. The number of likely N-dealkylation sites (tertiary alicyclic amines) is 1. The van der Waals surface area contributed by atoms with Crippen molar-refractivity contribution in [1.29, 1.82) is 0 Å². The van der Waals surface area contributed by atoms with E-state index in [1.807, 2.05) is 26.8 Å². The lowest BCUT2D eigenvalue weighted by Crippen LogP contribution is -2.23. The normalized spacial score (nSPS) is 22.5. The zero-order valence-electron chi connectivity index (χ0n) is 13.6. The van der Waals surface area contributed by atoms with Gasteiger partial charge in [0, 0.05) is 50.7 Å². The van der Waals surface area contributed by atoms with Crippen LogP contribution >= 0.6 is 0 Å². The van der Waals surface area contributed by atoms with Gasteiger partial charge in [-0.3, -0.25) is 4.90 Å². The molecule has 0 unspecified atom stereocenters. The molecular formula is C16H23N3O3. The Hall–Kier alpha value is -1.66. The first-order valence-corrected chi connectivity index (χ1v) is 7.66. The molecule has 0 bridgehead atoms. The number of nitrogens with zero attached hydrogens (tertiary/aromatic N) is 3. The lowest BCUT2D eigenvalue weighted by molar-refractivity contribution is 0.0761. The fourth-order valence-corrected chi connectivity index (χ4v) is 3.24. The van der Waals surface area contributed by atoms with Crippen LogP contribution in [0.4, 0.5) is 0 Å². The number of methoxy groups -OCH3 is 1. The second-order valence-electron chi connectivity index (χ2n) is 6.17. The van der Waals surface area contributed by atoms with Crippen molar-refractivity contribution < 1.29 is 13.8 Å². The largest absolute Gasteiger partial charge is 0.380 e. The lowest BCUT2D eigenvalue weighted by Gasteiger charge is -2.14. The molecule has 0 saturated carbocycles. The van der Waals surface area contributed by atoms with Crippen LogP contribution < -0.4 is 0 Å². The summed E-state index contributed by atoms with van der Waals surface area (Å²) < 4.78 is 16.3. The third-order valence-electron chi connectivity index (χ3n) is 4.46. The summed E-state index contributed by atoms with van der Waals surface area (Å²) in [6.07, 6.45) is 1.07. The first-order valence-electron chi connectivity index (χ1n) is 7.66. The summed E-state index contributed by atoms with van der Waals surface area (Å²) >= 11 is 0. The van der Waals surface area contributed by atoms with Gasteiger partial charge in [0.05, 0.1) is 17.5 Å².